The van der Waals surface area contributed by atoms with E-state index in [9.17, 15) is 4.79 Å². The zero-order chi connectivity index (χ0) is 14.3. The lowest BCUT2D eigenvalue weighted by atomic mass is 10.1. The number of carbonyl (C=O) groups excluding carboxylic acids is 1. The van der Waals surface area contributed by atoms with Crippen LogP contribution in [0.4, 0.5) is 4.79 Å². The zero-order valence-corrected chi connectivity index (χ0v) is 11.9. The first-order valence-electron chi connectivity index (χ1n) is 6.66. The summed E-state index contributed by atoms with van der Waals surface area (Å²) in [6.07, 6.45) is 3.26. The molecule has 1 amide bonds. The number of rotatable bonds is 0. The highest BCUT2D eigenvalue weighted by molar-refractivity contribution is 5.72. The van der Waals surface area contributed by atoms with Crippen LogP contribution in [0, 0.1) is 0 Å². The summed E-state index contributed by atoms with van der Waals surface area (Å²) in [5, 5.41) is 4.51. The zero-order valence-electron chi connectivity index (χ0n) is 11.9. The molecule has 0 aromatic carbocycles. The molecule has 2 aliphatic heterocycles. The third-order valence-corrected chi connectivity index (χ3v) is 3.18. The number of carbonyl (C=O) groups is 1. The Morgan fingerprint density at radius 2 is 2.20 bits per heavy atom. The smallest absolute Gasteiger partial charge is 0.414 e. The average Bonchev–Trinajstić information content (AvgIpc) is 2.74. The Labute approximate surface area is 117 Å². The van der Waals surface area contributed by atoms with Gasteiger partial charge in [0.25, 0.3) is 0 Å². The van der Waals surface area contributed by atoms with Crippen LogP contribution in [-0.4, -0.2) is 26.4 Å². The number of hydrogen-bond acceptors (Lipinski definition) is 5. The van der Waals surface area contributed by atoms with Crippen molar-refractivity contribution < 1.29 is 9.53 Å². The second kappa shape index (κ2) is 4.60. The van der Waals surface area contributed by atoms with Crippen LogP contribution in [0.15, 0.2) is 6.20 Å². The van der Waals surface area contributed by atoms with Crippen molar-refractivity contribution in [1.82, 2.24) is 25.5 Å². The molecular weight excluding hydrogens is 258 g/mol. The van der Waals surface area contributed by atoms with E-state index in [1.165, 1.54) is 0 Å². The van der Waals surface area contributed by atoms with E-state index in [0.29, 0.717) is 19.8 Å². The predicted octanol–water partition coefficient (Wildman–Crippen LogP) is 1.17. The van der Waals surface area contributed by atoms with Gasteiger partial charge in [0.05, 0.1) is 24.5 Å². The van der Waals surface area contributed by atoms with Crippen molar-refractivity contribution in [2.24, 2.45) is 0 Å². The number of ether oxygens (including phenoxy) is 1. The average molecular weight is 277 g/mol. The minimum atomic E-state index is -0.491. The first-order valence-corrected chi connectivity index (χ1v) is 6.66. The topological polar surface area (TPSA) is 71.4 Å². The highest BCUT2D eigenvalue weighted by atomic mass is 16.6. The fourth-order valence-corrected chi connectivity index (χ4v) is 2.30. The Kier molecular flexibility index (Phi) is 3.02. The van der Waals surface area contributed by atoms with Crippen molar-refractivity contribution >= 4 is 12.2 Å². The van der Waals surface area contributed by atoms with Crippen molar-refractivity contribution in [1.29, 1.82) is 0 Å². The Balaban J connectivity index is 1.81. The number of aromatic nitrogens is 2. The lowest BCUT2D eigenvalue weighted by Crippen LogP contribution is -2.40. The van der Waals surface area contributed by atoms with Crippen molar-refractivity contribution in [3.8, 4) is 0 Å². The van der Waals surface area contributed by atoms with Crippen LogP contribution in [-0.2, 0) is 24.5 Å². The second-order valence-corrected chi connectivity index (χ2v) is 5.92. The number of hydrogen-bond donors (Lipinski definition) is 2. The summed E-state index contributed by atoms with van der Waals surface area (Å²) < 4.78 is 7.31. The van der Waals surface area contributed by atoms with Crippen molar-refractivity contribution in [3.63, 3.8) is 0 Å². The molecule has 0 radical (unpaired) electrons. The maximum atomic E-state index is 12.1. The predicted molar refractivity (Wildman–Crippen MR) is 73.0 cm³/mol. The van der Waals surface area contributed by atoms with Gasteiger partial charge in [0.2, 0.25) is 0 Å². The number of fused-ring (bicyclic) bond motifs is 3. The van der Waals surface area contributed by atoms with Crippen LogP contribution in [0.25, 0.3) is 6.08 Å². The molecule has 1 aromatic rings. The number of nitrogens with one attached hydrogen (secondary N) is 2. The summed E-state index contributed by atoms with van der Waals surface area (Å²) in [4.78, 5) is 13.7. The van der Waals surface area contributed by atoms with Gasteiger partial charge < -0.3 is 4.74 Å². The van der Waals surface area contributed by atoms with Gasteiger partial charge in [-0.2, -0.15) is 5.10 Å². The summed E-state index contributed by atoms with van der Waals surface area (Å²) in [5.74, 6) is 0. The van der Waals surface area contributed by atoms with Gasteiger partial charge in [-0.25, -0.2) is 10.2 Å². The molecule has 0 saturated heterocycles. The van der Waals surface area contributed by atoms with Gasteiger partial charge in [-0.3, -0.25) is 15.0 Å². The molecule has 1 aromatic heterocycles. The highest BCUT2D eigenvalue weighted by Crippen LogP contribution is 2.25. The Bertz CT molecular complexity index is 570. The third-order valence-electron chi connectivity index (χ3n) is 3.18. The minimum absolute atomic E-state index is 0.332. The van der Waals surface area contributed by atoms with E-state index in [4.69, 9.17) is 4.74 Å². The number of nitrogens with zero attached hydrogens (tertiary/aromatic N) is 3. The Morgan fingerprint density at radius 3 is 2.95 bits per heavy atom. The van der Waals surface area contributed by atoms with Crippen LogP contribution in [0.3, 0.4) is 0 Å². The molecule has 2 aliphatic rings. The van der Waals surface area contributed by atoms with Gasteiger partial charge in [0.1, 0.15) is 12.3 Å². The summed E-state index contributed by atoms with van der Waals surface area (Å²) in [5.41, 5.74) is 8.74. The molecule has 0 fully saturated rings. The first-order chi connectivity index (χ1) is 9.44. The molecule has 2 N–H and O–H groups in total. The molecule has 0 saturated carbocycles. The van der Waals surface area contributed by atoms with Crippen molar-refractivity contribution in [2.45, 2.75) is 46.1 Å². The lowest BCUT2D eigenvalue weighted by molar-refractivity contribution is 0.0322. The van der Waals surface area contributed by atoms with Crippen LogP contribution in [0.1, 0.15) is 37.7 Å². The van der Waals surface area contributed by atoms with Gasteiger partial charge in [0.15, 0.2) is 0 Å². The van der Waals surface area contributed by atoms with E-state index in [2.05, 4.69) is 16.0 Å². The van der Waals surface area contributed by atoms with Crippen LogP contribution < -0.4 is 10.9 Å². The van der Waals surface area contributed by atoms with Gasteiger partial charge in [-0.05, 0) is 26.8 Å². The van der Waals surface area contributed by atoms with E-state index >= 15 is 0 Å². The summed E-state index contributed by atoms with van der Waals surface area (Å²) >= 11 is 0. The molecule has 0 bridgehead atoms. The molecule has 108 valence electrons. The molecule has 0 spiro atoms. The highest BCUT2D eigenvalue weighted by Gasteiger charge is 2.27. The molecule has 0 atom stereocenters. The van der Waals surface area contributed by atoms with Crippen LogP contribution in [0.5, 0.6) is 0 Å². The third kappa shape index (κ3) is 2.41. The van der Waals surface area contributed by atoms with Crippen LogP contribution >= 0.6 is 0 Å². The van der Waals surface area contributed by atoms with Gasteiger partial charge in [-0.15, -0.1) is 0 Å². The van der Waals surface area contributed by atoms with E-state index in [0.717, 1.165) is 17.0 Å². The molecule has 7 nitrogen and oxygen atoms in total. The summed E-state index contributed by atoms with van der Waals surface area (Å²) in [6, 6.07) is 0. The fraction of sp³-hybridized carbons (Fsp3) is 0.538. The Morgan fingerprint density at radius 1 is 1.40 bits per heavy atom. The fourth-order valence-electron chi connectivity index (χ4n) is 2.30. The lowest BCUT2D eigenvalue weighted by Gasteiger charge is -2.27. The molecule has 3 rings (SSSR count). The quantitative estimate of drug-likeness (QED) is 0.745. The summed E-state index contributed by atoms with van der Waals surface area (Å²) in [6.45, 7) is 7.41. The van der Waals surface area contributed by atoms with Gasteiger partial charge >= 0.3 is 6.09 Å². The van der Waals surface area contributed by atoms with E-state index in [1.807, 2.05) is 31.5 Å². The molecule has 20 heavy (non-hydrogen) atoms. The number of amides is 1. The first kappa shape index (κ1) is 13.1. The summed E-state index contributed by atoms with van der Waals surface area (Å²) in [7, 11) is 0. The van der Waals surface area contributed by atoms with Crippen molar-refractivity contribution in [2.75, 3.05) is 0 Å². The molecular formula is C13H19N5O2. The SMILES string of the molecule is CC(C)(C)OC(=O)N1C=Cc2nn3c(c2C1)CNNC3. The second-order valence-electron chi connectivity index (χ2n) is 5.92. The molecule has 3 heterocycles. The van der Waals surface area contributed by atoms with E-state index < -0.39 is 5.60 Å². The van der Waals surface area contributed by atoms with Gasteiger partial charge in [-0.1, -0.05) is 0 Å². The molecule has 7 heteroatoms. The van der Waals surface area contributed by atoms with Gasteiger partial charge in [0, 0.05) is 11.8 Å². The molecule has 0 unspecified atom stereocenters. The van der Waals surface area contributed by atoms with E-state index in [1.54, 1.807) is 11.1 Å². The van der Waals surface area contributed by atoms with Crippen molar-refractivity contribution in [3.05, 3.63) is 23.2 Å². The molecule has 0 aliphatic carbocycles. The standard InChI is InChI=1S/C13H19N5O2/c1-13(2,3)20-12(19)17-5-4-10-9(7-17)11-6-14-15-8-18(11)16-10/h4-5,14-15H,6-8H2,1-3H3. The maximum absolute atomic E-state index is 12.1. The maximum Gasteiger partial charge on any atom is 0.414 e. The minimum Gasteiger partial charge on any atom is -0.443 e. The van der Waals surface area contributed by atoms with E-state index in [-0.39, 0.29) is 6.09 Å². The monoisotopic (exact) mass is 277 g/mol. The van der Waals surface area contributed by atoms with Crippen LogP contribution in [0.2, 0.25) is 0 Å². The normalized spacial score (nSPS) is 17.6. The largest absolute Gasteiger partial charge is 0.443 e. The Hall–Kier alpha value is -1.86. The number of hydrazine groups is 1.